The topological polar surface area (TPSA) is 210 Å². The van der Waals surface area contributed by atoms with Crippen molar-refractivity contribution in [2.75, 3.05) is 13.2 Å². The molecule has 0 aromatic carbocycles. The number of aliphatic hydroxyl groups excluding tert-OH is 5. The first-order chi connectivity index (χ1) is 23.4. The number of ether oxygens (including phenoxy) is 2. The predicted molar refractivity (Wildman–Crippen MR) is 184 cm³/mol. The minimum absolute atomic E-state index is 0.0525. The van der Waals surface area contributed by atoms with Gasteiger partial charge in [0.25, 0.3) is 0 Å². The minimum atomic E-state index is -5.10. The highest BCUT2D eigenvalue weighted by molar-refractivity contribution is 7.47. The maximum Gasteiger partial charge on any atom is 0.472 e. The van der Waals surface area contributed by atoms with E-state index in [1.54, 1.807) is 6.92 Å². The van der Waals surface area contributed by atoms with Crippen LogP contribution >= 0.6 is 7.82 Å². The van der Waals surface area contributed by atoms with Gasteiger partial charge < -0.3 is 39.9 Å². The number of rotatable bonds is 25. The van der Waals surface area contributed by atoms with Gasteiger partial charge in [-0.3, -0.25) is 18.6 Å². The standard InChI is InChI=1S/C35H57O13P/c1-3-5-6-7-8-9-10-11-12-13-14-15-16-17-18-19-20-21-22-24-29(37)47-27(25-45-28(36)23-4-2)26-46-49(43,44)48-35-33(41)31(39)30(38)32(40)34(35)42/h5-6,8-9,11-12,14-15,17-18,27,30-35,38-42H,3-4,7,10,13,16,19-26H2,1-2H3,(H,43,44)/b6-5-,9-8-,12-11-,15-14-,18-17-. The summed E-state index contributed by atoms with van der Waals surface area (Å²) < 4.78 is 32.6. The third-order valence-corrected chi connectivity index (χ3v) is 8.33. The Morgan fingerprint density at radius 2 is 1.16 bits per heavy atom. The molecule has 13 nitrogen and oxygen atoms in total. The number of phosphoric acid groups is 1. The first kappa shape index (κ1) is 44.6. The van der Waals surface area contributed by atoms with Gasteiger partial charge in [-0.15, -0.1) is 0 Å². The molecule has 0 amide bonds. The third-order valence-electron chi connectivity index (χ3n) is 7.34. The molecule has 6 unspecified atom stereocenters. The molecule has 0 aromatic heterocycles. The zero-order valence-corrected chi connectivity index (χ0v) is 29.6. The number of unbranched alkanes of at least 4 members (excludes halogenated alkanes) is 3. The van der Waals surface area contributed by atoms with Crippen molar-refractivity contribution in [1.29, 1.82) is 0 Å². The highest BCUT2D eigenvalue weighted by atomic mass is 31.2. The molecule has 14 heteroatoms. The van der Waals surface area contributed by atoms with Crippen LogP contribution in [0.4, 0.5) is 0 Å². The maximum absolute atomic E-state index is 12.6. The molecule has 0 saturated heterocycles. The van der Waals surface area contributed by atoms with Crippen LogP contribution in [0, 0.1) is 0 Å². The fraction of sp³-hybridized carbons (Fsp3) is 0.657. The van der Waals surface area contributed by atoms with E-state index in [-0.39, 0.29) is 12.8 Å². The molecule has 49 heavy (non-hydrogen) atoms. The van der Waals surface area contributed by atoms with Crippen LogP contribution in [0.3, 0.4) is 0 Å². The molecule has 0 bridgehead atoms. The van der Waals surface area contributed by atoms with Crippen molar-refractivity contribution < 1.29 is 63.1 Å². The van der Waals surface area contributed by atoms with Crippen LogP contribution < -0.4 is 0 Å². The summed E-state index contributed by atoms with van der Waals surface area (Å²) in [6, 6.07) is 0. The largest absolute Gasteiger partial charge is 0.472 e. The summed E-state index contributed by atoms with van der Waals surface area (Å²) in [4.78, 5) is 34.5. The molecule has 1 fully saturated rings. The first-order valence-electron chi connectivity index (χ1n) is 17.1. The lowest BCUT2D eigenvalue weighted by Crippen LogP contribution is -2.64. The normalized spacial score (nSPS) is 25.1. The lowest BCUT2D eigenvalue weighted by molar-refractivity contribution is -0.220. The van der Waals surface area contributed by atoms with Crippen molar-refractivity contribution in [3.05, 3.63) is 60.8 Å². The average Bonchev–Trinajstić information content (AvgIpc) is 3.07. The Hall–Kier alpha value is -2.45. The van der Waals surface area contributed by atoms with Gasteiger partial charge in [0.2, 0.25) is 0 Å². The van der Waals surface area contributed by atoms with Crippen molar-refractivity contribution in [2.24, 2.45) is 0 Å². The van der Waals surface area contributed by atoms with E-state index < -0.39 is 75.7 Å². The van der Waals surface area contributed by atoms with Gasteiger partial charge in [0, 0.05) is 12.8 Å². The SMILES string of the molecule is CC/C=C\C/C=C\C/C=C\C/C=C\C/C=C\CCCCCC(=O)OC(COC(=O)CCC)COP(=O)(O)OC1C(O)C(O)C(O)C(O)C1O. The smallest absolute Gasteiger partial charge is 0.462 e. The molecule has 1 rings (SSSR count). The van der Waals surface area contributed by atoms with Crippen LogP contribution in [0.15, 0.2) is 60.8 Å². The molecule has 6 atom stereocenters. The highest BCUT2D eigenvalue weighted by Crippen LogP contribution is 2.47. The monoisotopic (exact) mass is 716 g/mol. The van der Waals surface area contributed by atoms with Gasteiger partial charge in [0.1, 0.15) is 43.2 Å². The Morgan fingerprint density at radius 3 is 1.69 bits per heavy atom. The van der Waals surface area contributed by atoms with E-state index in [0.717, 1.165) is 51.4 Å². The fourth-order valence-electron chi connectivity index (χ4n) is 4.58. The lowest BCUT2D eigenvalue weighted by Gasteiger charge is -2.41. The molecular formula is C35H57O13P. The van der Waals surface area contributed by atoms with Gasteiger partial charge in [0.15, 0.2) is 6.10 Å². The number of carbonyl (C=O) groups is 2. The molecule has 6 N–H and O–H groups in total. The van der Waals surface area contributed by atoms with Crippen LogP contribution in [0.2, 0.25) is 0 Å². The number of hydrogen-bond acceptors (Lipinski definition) is 12. The molecular weight excluding hydrogens is 659 g/mol. The molecule has 0 heterocycles. The predicted octanol–water partition coefficient (Wildman–Crippen LogP) is 4.26. The molecule has 1 aliphatic carbocycles. The Morgan fingerprint density at radius 1 is 0.653 bits per heavy atom. The second kappa shape index (κ2) is 26.4. The van der Waals surface area contributed by atoms with Crippen molar-refractivity contribution in [2.45, 2.75) is 134 Å². The quantitative estimate of drug-likeness (QED) is 0.0338. The molecule has 0 aromatic rings. The number of aliphatic hydroxyl groups is 5. The summed E-state index contributed by atoms with van der Waals surface area (Å²) in [7, 11) is -5.10. The summed E-state index contributed by atoms with van der Waals surface area (Å²) >= 11 is 0. The zero-order chi connectivity index (χ0) is 36.5. The Balaban J connectivity index is 2.41. The molecule has 0 spiro atoms. The molecule has 1 aliphatic rings. The lowest BCUT2D eigenvalue weighted by atomic mass is 9.85. The zero-order valence-electron chi connectivity index (χ0n) is 28.7. The van der Waals surface area contributed by atoms with Crippen LogP contribution in [0.1, 0.15) is 90.9 Å². The summed E-state index contributed by atoms with van der Waals surface area (Å²) in [6.07, 6.45) is 16.5. The van der Waals surface area contributed by atoms with Crippen molar-refractivity contribution in [3.63, 3.8) is 0 Å². The summed E-state index contributed by atoms with van der Waals surface area (Å²) in [6.45, 7) is 2.67. The molecule has 280 valence electrons. The van der Waals surface area contributed by atoms with Crippen LogP contribution in [-0.2, 0) is 32.7 Å². The van der Waals surface area contributed by atoms with Gasteiger partial charge in [-0.05, 0) is 57.8 Å². The Kier molecular flexibility index (Phi) is 24.0. The van der Waals surface area contributed by atoms with Crippen LogP contribution in [0.25, 0.3) is 0 Å². The van der Waals surface area contributed by atoms with Crippen molar-refractivity contribution >= 4 is 19.8 Å². The van der Waals surface area contributed by atoms with E-state index in [2.05, 4.69) is 67.7 Å². The van der Waals surface area contributed by atoms with Gasteiger partial charge in [-0.25, -0.2) is 4.57 Å². The fourth-order valence-corrected chi connectivity index (χ4v) is 5.56. The summed E-state index contributed by atoms with van der Waals surface area (Å²) in [5.41, 5.74) is 0. The summed E-state index contributed by atoms with van der Waals surface area (Å²) in [5.74, 6) is -1.21. The molecule has 1 saturated carbocycles. The second-order valence-corrected chi connectivity index (χ2v) is 13.0. The molecule has 0 radical (unpaired) electrons. The van der Waals surface area contributed by atoms with E-state index in [0.29, 0.717) is 12.8 Å². The van der Waals surface area contributed by atoms with E-state index >= 15 is 0 Å². The Labute approximate surface area is 290 Å². The van der Waals surface area contributed by atoms with E-state index in [4.69, 9.17) is 18.5 Å². The second-order valence-electron chi connectivity index (χ2n) is 11.6. The van der Waals surface area contributed by atoms with E-state index in [1.165, 1.54) is 0 Å². The van der Waals surface area contributed by atoms with Crippen molar-refractivity contribution in [1.82, 2.24) is 0 Å². The average molecular weight is 717 g/mol. The van der Waals surface area contributed by atoms with Crippen LogP contribution in [-0.4, -0.2) is 98.3 Å². The molecule has 0 aliphatic heterocycles. The van der Waals surface area contributed by atoms with Crippen LogP contribution in [0.5, 0.6) is 0 Å². The maximum atomic E-state index is 12.6. The number of allylic oxidation sites excluding steroid dienone is 10. The van der Waals surface area contributed by atoms with Gasteiger partial charge in [-0.1, -0.05) is 81.0 Å². The van der Waals surface area contributed by atoms with E-state index in [9.17, 15) is 44.6 Å². The van der Waals surface area contributed by atoms with Crippen molar-refractivity contribution in [3.8, 4) is 0 Å². The van der Waals surface area contributed by atoms with Gasteiger partial charge in [-0.2, -0.15) is 0 Å². The minimum Gasteiger partial charge on any atom is -0.462 e. The van der Waals surface area contributed by atoms with Gasteiger partial charge >= 0.3 is 19.8 Å². The van der Waals surface area contributed by atoms with E-state index in [1.807, 2.05) is 0 Å². The number of hydrogen-bond donors (Lipinski definition) is 6. The Bertz CT molecular complexity index is 1100. The number of carbonyl (C=O) groups excluding carboxylic acids is 2. The highest BCUT2D eigenvalue weighted by Gasteiger charge is 2.51. The first-order valence-corrected chi connectivity index (χ1v) is 18.6. The number of phosphoric ester groups is 1. The van der Waals surface area contributed by atoms with Gasteiger partial charge in [0.05, 0.1) is 6.61 Å². The number of esters is 2. The summed E-state index contributed by atoms with van der Waals surface area (Å²) in [5, 5.41) is 49.5. The third kappa shape index (κ3) is 20.1.